The van der Waals surface area contributed by atoms with Gasteiger partial charge in [-0.05, 0) is 31.9 Å². The first-order chi connectivity index (χ1) is 9.00. The average molecular weight is 266 g/mol. The Morgan fingerprint density at radius 3 is 2.79 bits per heavy atom. The fraction of sp³-hybridized carbons (Fsp3) is 0.538. The minimum atomic E-state index is -0.970. The van der Waals surface area contributed by atoms with Gasteiger partial charge in [-0.1, -0.05) is 0 Å². The predicted octanol–water partition coefficient (Wildman–Crippen LogP) is 0.872. The van der Waals surface area contributed by atoms with E-state index in [1.807, 2.05) is 6.92 Å². The number of amides is 1. The monoisotopic (exact) mass is 266 g/mol. The van der Waals surface area contributed by atoms with Crippen LogP contribution in [0.25, 0.3) is 0 Å². The normalized spacial score (nSPS) is 17.9. The third kappa shape index (κ3) is 3.35. The van der Waals surface area contributed by atoms with Gasteiger partial charge < -0.3 is 19.7 Å². The van der Waals surface area contributed by atoms with Crippen molar-refractivity contribution in [2.45, 2.75) is 31.8 Å². The Kier molecular flexibility index (Phi) is 3.90. The number of hydrogen-bond donors (Lipinski definition) is 2. The van der Waals surface area contributed by atoms with Crippen molar-refractivity contribution >= 4 is 11.9 Å². The minimum absolute atomic E-state index is 0.213. The molecule has 0 spiro atoms. The zero-order valence-corrected chi connectivity index (χ0v) is 10.9. The van der Waals surface area contributed by atoms with Gasteiger partial charge in [0, 0.05) is 24.9 Å². The van der Waals surface area contributed by atoms with Crippen LogP contribution in [0.5, 0.6) is 0 Å². The summed E-state index contributed by atoms with van der Waals surface area (Å²) in [6.45, 7) is 3.04. The summed E-state index contributed by atoms with van der Waals surface area (Å²) in [5.74, 6) is -1.21. The molecule has 1 amide bonds. The highest BCUT2D eigenvalue weighted by Gasteiger charge is 2.30. The summed E-state index contributed by atoms with van der Waals surface area (Å²) in [6.07, 6.45) is 3.12. The van der Waals surface area contributed by atoms with Gasteiger partial charge in [0.25, 0.3) is 5.91 Å². The molecular formula is C13H18N2O4. The number of carboxylic acid groups (broad SMARTS) is 1. The zero-order chi connectivity index (χ0) is 13.9. The summed E-state index contributed by atoms with van der Waals surface area (Å²) < 4.78 is 6.71. The number of aliphatic carboxylic acids is 1. The third-order valence-electron chi connectivity index (χ3n) is 3.38. The van der Waals surface area contributed by atoms with Crippen molar-refractivity contribution in [3.05, 3.63) is 24.0 Å². The molecule has 2 rings (SSSR count). The van der Waals surface area contributed by atoms with E-state index in [0.717, 1.165) is 12.8 Å². The number of hydrogen-bond acceptors (Lipinski definition) is 3. The topological polar surface area (TPSA) is 80.6 Å². The molecule has 0 unspecified atom stereocenters. The highest BCUT2D eigenvalue weighted by atomic mass is 16.5. The smallest absolute Gasteiger partial charge is 0.323 e. The van der Waals surface area contributed by atoms with Crippen LogP contribution >= 0.6 is 0 Å². The number of carbonyl (C=O) groups excluding carboxylic acids is 1. The van der Waals surface area contributed by atoms with Crippen LogP contribution in [-0.2, 0) is 16.1 Å². The van der Waals surface area contributed by atoms with Gasteiger partial charge >= 0.3 is 5.97 Å². The van der Waals surface area contributed by atoms with Crippen molar-refractivity contribution in [1.82, 2.24) is 9.88 Å². The fourth-order valence-electron chi connectivity index (χ4n) is 2.19. The van der Waals surface area contributed by atoms with Crippen LogP contribution in [0.15, 0.2) is 18.3 Å². The lowest BCUT2D eigenvalue weighted by molar-refractivity contribution is -0.137. The maximum atomic E-state index is 12.2. The van der Waals surface area contributed by atoms with E-state index >= 15 is 0 Å². The number of nitrogens with one attached hydrogen (secondary N) is 1. The third-order valence-corrected chi connectivity index (χ3v) is 3.38. The van der Waals surface area contributed by atoms with Gasteiger partial charge in [0.2, 0.25) is 0 Å². The maximum absolute atomic E-state index is 12.2. The van der Waals surface area contributed by atoms with Crippen molar-refractivity contribution < 1.29 is 19.4 Å². The zero-order valence-electron chi connectivity index (χ0n) is 10.9. The van der Waals surface area contributed by atoms with E-state index in [4.69, 9.17) is 9.84 Å². The first-order valence-corrected chi connectivity index (χ1v) is 6.27. The molecule has 0 atom stereocenters. The van der Waals surface area contributed by atoms with E-state index in [0.29, 0.717) is 18.9 Å². The lowest BCUT2D eigenvalue weighted by Gasteiger charge is -2.34. The van der Waals surface area contributed by atoms with Crippen LogP contribution < -0.4 is 5.32 Å². The van der Waals surface area contributed by atoms with Gasteiger partial charge in [-0.2, -0.15) is 0 Å². The predicted molar refractivity (Wildman–Crippen MR) is 68.0 cm³/mol. The molecule has 2 N–H and O–H groups in total. The quantitative estimate of drug-likeness (QED) is 0.847. The first kappa shape index (κ1) is 13.6. The van der Waals surface area contributed by atoms with E-state index in [1.165, 1.54) is 4.57 Å². The molecule has 2 heterocycles. The summed E-state index contributed by atoms with van der Waals surface area (Å²) in [5.41, 5.74) is 0.0864. The van der Waals surface area contributed by atoms with Gasteiger partial charge in [0.1, 0.15) is 12.2 Å². The van der Waals surface area contributed by atoms with Crippen LogP contribution in [0, 0.1) is 0 Å². The van der Waals surface area contributed by atoms with Gasteiger partial charge in [-0.3, -0.25) is 9.59 Å². The molecule has 6 nitrogen and oxygen atoms in total. The molecule has 0 aliphatic carbocycles. The lowest BCUT2D eigenvalue weighted by atomic mass is 9.92. The van der Waals surface area contributed by atoms with E-state index in [2.05, 4.69) is 5.32 Å². The Labute approximate surface area is 111 Å². The molecule has 0 bridgehead atoms. The summed E-state index contributed by atoms with van der Waals surface area (Å²) in [7, 11) is 0. The number of aromatic nitrogens is 1. The average Bonchev–Trinajstić information content (AvgIpc) is 2.76. The molecule has 104 valence electrons. The van der Waals surface area contributed by atoms with Crippen LogP contribution in [0.1, 0.15) is 30.3 Å². The van der Waals surface area contributed by atoms with E-state index in [-0.39, 0.29) is 18.0 Å². The summed E-state index contributed by atoms with van der Waals surface area (Å²) in [4.78, 5) is 22.9. The second-order valence-electron chi connectivity index (χ2n) is 5.04. The van der Waals surface area contributed by atoms with Gasteiger partial charge in [-0.25, -0.2) is 0 Å². The maximum Gasteiger partial charge on any atom is 0.323 e. The number of carbonyl (C=O) groups is 2. The SMILES string of the molecule is CC1(NC(=O)c2cccn2CC(=O)O)CCOCC1. The molecular weight excluding hydrogens is 248 g/mol. The van der Waals surface area contributed by atoms with Gasteiger partial charge in [0.15, 0.2) is 0 Å². The molecule has 1 fully saturated rings. The van der Waals surface area contributed by atoms with Crippen LogP contribution in [0.4, 0.5) is 0 Å². The molecule has 0 aromatic carbocycles. The minimum Gasteiger partial charge on any atom is -0.480 e. The number of carboxylic acids is 1. The molecule has 1 aromatic rings. The molecule has 1 saturated heterocycles. The molecule has 1 aromatic heterocycles. The number of nitrogens with zero attached hydrogens (tertiary/aromatic N) is 1. The van der Waals surface area contributed by atoms with Crippen LogP contribution in [-0.4, -0.2) is 40.3 Å². The standard InChI is InChI=1S/C13H18N2O4/c1-13(4-7-19-8-5-13)14-12(18)10-3-2-6-15(10)9-11(16)17/h2-3,6H,4-5,7-9H2,1H3,(H,14,18)(H,16,17). The Hall–Kier alpha value is -1.82. The van der Waals surface area contributed by atoms with Crippen LogP contribution in [0.2, 0.25) is 0 Å². The molecule has 0 radical (unpaired) electrons. The largest absolute Gasteiger partial charge is 0.480 e. The number of rotatable bonds is 4. The van der Waals surface area contributed by atoms with Crippen LogP contribution in [0.3, 0.4) is 0 Å². The Balaban J connectivity index is 2.07. The van der Waals surface area contributed by atoms with Crippen molar-refractivity contribution in [1.29, 1.82) is 0 Å². The Morgan fingerprint density at radius 1 is 1.47 bits per heavy atom. The van der Waals surface area contributed by atoms with Crippen molar-refractivity contribution in [2.24, 2.45) is 0 Å². The summed E-state index contributed by atoms with van der Waals surface area (Å²) >= 11 is 0. The second-order valence-corrected chi connectivity index (χ2v) is 5.04. The second kappa shape index (κ2) is 5.44. The van der Waals surface area contributed by atoms with E-state index < -0.39 is 5.97 Å². The molecule has 19 heavy (non-hydrogen) atoms. The molecule has 0 saturated carbocycles. The molecule has 1 aliphatic rings. The number of ether oxygens (including phenoxy) is 1. The first-order valence-electron chi connectivity index (χ1n) is 6.27. The van der Waals surface area contributed by atoms with Crippen molar-refractivity contribution in [3.63, 3.8) is 0 Å². The van der Waals surface area contributed by atoms with Crippen molar-refractivity contribution in [3.8, 4) is 0 Å². The molecule has 6 heteroatoms. The highest BCUT2D eigenvalue weighted by molar-refractivity contribution is 5.93. The summed E-state index contributed by atoms with van der Waals surface area (Å²) in [5, 5.41) is 11.8. The molecule has 1 aliphatic heterocycles. The summed E-state index contributed by atoms with van der Waals surface area (Å²) in [6, 6.07) is 3.30. The van der Waals surface area contributed by atoms with Crippen molar-refractivity contribution in [2.75, 3.05) is 13.2 Å². The Morgan fingerprint density at radius 2 is 2.16 bits per heavy atom. The Bertz CT molecular complexity index is 475. The fourth-order valence-corrected chi connectivity index (χ4v) is 2.19. The highest BCUT2D eigenvalue weighted by Crippen LogP contribution is 2.20. The van der Waals surface area contributed by atoms with Gasteiger partial charge in [-0.15, -0.1) is 0 Å². The lowest BCUT2D eigenvalue weighted by Crippen LogP contribution is -2.50. The van der Waals surface area contributed by atoms with E-state index in [1.54, 1.807) is 18.3 Å². The van der Waals surface area contributed by atoms with E-state index in [9.17, 15) is 9.59 Å². The van der Waals surface area contributed by atoms with Gasteiger partial charge in [0.05, 0.1) is 0 Å².